The number of nitrogens with zero attached hydrogens (tertiary/aromatic N) is 5. The number of fused-ring (bicyclic) bond motifs is 1. The highest BCUT2D eigenvalue weighted by Gasteiger charge is 2.36. The van der Waals surface area contributed by atoms with Crippen molar-refractivity contribution in [1.82, 2.24) is 23.6 Å². The van der Waals surface area contributed by atoms with Crippen LogP contribution < -0.4 is 11.2 Å². The molecule has 1 fully saturated rings. The van der Waals surface area contributed by atoms with E-state index in [-0.39, 0.29) is 47.2 Å². The Balaban J connectivity index is 1.99. The summed E-state index contributed by atoms with van der Waals surface area (Å²) < 4.78 is 27.4. The van der Waals surface area contributed by atoms with Crippen molar-refractivity contribution in [2.75, 3.05) is 11.5 Å². The first-order chi connectivity index (χ1) is 13.1. The molecule has 0 spiro atoms. The van der Waals surface area contributed by atoms with Gasteiger partial charge in [0, 0.05) is 26.2 Å². The number of aromatic nitrogens is 4. The standard InChI is InChI=1S/C17H25N5O5S/c1-5-11(2)22(12-6-7-28(26,27)9-12)13(23)8-21-10-18-15-14(21)16(24)20(4)17(25)19(15)3/h10-12H,5-9H2,1-4H3/t11-,12+/m1/s1. The van der Waals surface area contributed by atoms with Gasteiger partial charge in [-0.2, -0.15) is 0 Å². The Morgan fingerprint density at radius 1 is 1.32 bits per heavy atom. The van der Waals surface area contributed by atoms with Crippen LogP contribution in [0.25, 0.3) is 11.2 Å². The van der Waals surface area contributed by atoms with Crippen LogP contribution in [0.4, 0.5) is 0 Å². The van der Waals surface area contributed by atoms with Gasteiger partial charge in [-0.15, -0.1) is 0 Å². The summed E-state index contributed by atoms with van der Waals surface area (Å²) in [5.74, 6) is -0.231. The van der Waals surface area contributed by atoms with Gasteiger partial charge in [0.1, 0.15) is 6.54 Å². The predicted octanol–water partition coefficient (Wildman–Crippen LogP) is -0.752. The van der Waals surface area contributed by atoms with Crippen molar-refractivity contribution in [2.45, 2.75) is 45.3 Å². The number of carbonyl (C=O) groups is 1. The Kier molecular flexibility index (Phi) is 5.22. The van der Waals surface area contributed by atoms with Crippen molar-refractivity contribution in [3.05, 3.63) is 27.2 Å². The first kappa shape index (κ1) is 20.3. The number of sulfone groups is 1. The summed E-state index contributed by atoms with van der Waals surface area (Å²) in [5, 5.41) is 0. The average Bonchev–Trinajstić information content (AvgIpc) is 3.21. The van der Waals surface area contributed by atoms with E-state index in [1.165, 1.54) is 29.6 Å². The third-order valence-electron chi connectivity index (χ3n) is 5.48. The maximum atomic E-state index is 13.1. The van der Waals surface area contributed by atoms with Gasteiger partial charge in [0.25, 0.3) is 5.56 Å². The monoisotopic (exact) mass is 411 g/mol. The molecule has 0 saturated carbocycles. The van der Waals surface area contributed by atoms with Crippen LogP contribution in [0.1, 0.15) is 26.7 Å². The minimum atomic E-state index is -3.14. The fraction of sp³-hybridized carbons (Fsp3) is 0.647. The lowest BCUT2D eigenvalue weighted by Crippen LogP contribution is -2.48. The van der Waals surface area contributed by atoms with E-state index in [1.807, 2.05) is 13.8 Å². The van der Waals surface area contributed by atoms with Crippen LogP contribution in [0.15, 0.2) is 15.9 Å². The lowest BCUT2D eigenvalue weighted by atomic mass is 10.1. The molecule has 1 aliphatic heterocycles. The summed E-state index contributed by atoms with van der Waals surface area (Å²) >= 11 is 0. The Bertz CT molecular complexity index is 1140. The van der Waals surface area contributed by atoms with E-state index in [1.54, 1.807) is 4.90 Å². The van der Waals surface area contributed by atoms with Crippen molar-refractivity contribution < 1.29 is 13.2 Å². The summed E-state index contributed by atoms with van der Waals surface area (Å²) in [6, 6.07) is -0.498. The number of imidazole rings is 1. The maximum Gasteiger partial charge on any atom is 0.332 e. The molecule has 10 nitrogen and oxygen atoms in total. The van der Waals surface area contributed by atoms with Gasteiger partial charge in [-0.05, 0) is 19.8 Å². The van der Waals surface area contributed by atoms with Crippen molar-refractivity contribution in [1.29, 1.82) is 0 Å². The number of carbonyl (C=O) groups excluding carboxylic acids is 1. The van der Waals surface area contributed by atoms with Crippen LogP contribution in [0.3, 0.4) is 0 Å². The minimum Gasteiger partial charge on any atom is -0.334 e. The molecule has 154 valence electrons. The van der Waals surface area contributed by atoms with Crippen LogP contribution in [0, 0.1) is 0 Å². The highest BCUT2D eigenvalue weighted by atomic mass is 32.2. The SMILES string of the molecule is CC[C@@H](C)N(C(=O)Cn1cnc2c1c(=O)n(C)c(=O)n2C)[C@H]1CCS(=O)(=O)C1. The van der Waals surface area contributed by atoms with Gasteiger partial charge in [0.05, 0.1) is 17.8 Å². The van der Waals surface area contributed by atoms with Gasteiger partial charge in [-0.25, -0.2) is 18.2 Å². The van der Waals surface area contributed by atoms with Crippen LogP contribution >= 0.6 is 0 Å². The molecule has 0 radical (unpaired) electrons. The molecule has 0 unspecified atom stereocenters. The number of hydrogen-bond donors (Lipinski definition) is 0. The number of hydrogen-bond acceptors (Lipinski definition) is 6. The number of rotatable bonds is 5. The lowest BCUT2D eigenvalue weighted by molar-refractivity contribution is -0.136. The second-order valence-corrected chi connectivity index (χ2v) is 9.59. The molecule has 1 aliphatic rings. The fourth-order valence-electron chi connectivity index (χ4n) is 3.75. The van der Waals surface area contributed by atoms with Gasteiger partial charge in [-0.3, -0.25) is 18.7 Å². The Morgan fingerprint density at radius 3 is 2.57 bits per heavy atom. The zero-order valence-corrected chi connectivity index (χ0v) is 17.3. The Labute approximate surface area is 162 Å². The van der Waals surface area contributed by atoms with Gasteiger partial charge in [-0.1, -0.05) is 6.92 Å². The zero-order valence-electron chi connectivity index (χ0n) is 16.5. The summed E-state index contributed by atoms with van der Waals surface area (Å²) in [6.07, 6.45) is 2.46. The molecule has 11 heteroatoms. The van der Waals surface area contributed by atoms with Crippen molar-refractivity contribution >= 4 is 26.9 Å². The maximum absolute atomic E-state index is 13.1. The highest BCUT2D eigenvalue weighted by molar-refractivity contribution is 7.91. The second-order valence-electron chi connectivity index (χ2n) is 7.37. The molecule has 0 aromatic carbocycles. The molecule has 2 atom stereocenters. The van der Waals surface area contributed by atoms with Crippen LogP contribution in [0.2, 0.25) is 0 Å². The van der Waals surface area contributed by atoms with Gasteiger partial charge in [0.2, 0.25) is 5.91 Å². The first-order valence-corrected chi connectivity index (χ1v) is 11.0. The first-order valence-electron chi connectivity index (χ1n) is 9.19. The highest BCUT2D eigenvalue weighted by Crippen LogP contribution is 2.22. The Morgan fingerprint density at radius 2 is 2.00 bits per heavy atom. The topological polar surface area (TPSA) is 116 Å². The normalized spacial score (nSPS) is 19.8. The molecule has 3 rings (SSSR count). The molecule has 28 heavy (non-hydrogen) atoms. The molecule has 0 bridgehead atoms. The molecular formula is C17H25N5O5S. The molecule has 2 aromatic rings. The minimum absolute atomic E-state index is 0.0377. The lowest BCUT2D eigenvalue weighted by Gasteiger charge is -2.33. The Hall–Kier alpha value is -2.43. The summed E-state index contributed by atoms with van der Waals surface area (Å²) in [7, 11) is -0.254. The molecule has 0 N–H and O–H groups in total. The zero-order chi connectivity index (χ0) is 20.8. The van der Waals surface area contributed by atoms with E-state index < -0.39 is 21.1 Å². The predicted molar refractivity (Wildman–Crippen MR) is 104 cm³/mol. The van der Waals surface area contributed by atoms with Gasteiger partial charge >= 0.3 is 5.69 Å². The van der Waals surface area contributed by atoms with Crippen LogP contribution in [0.5, 0.6) is 0 Å². The van der Waals surface area contributed by atoms with Crippen molar-refractivity contribution in [3.63, 3.8) is 0 Å². The number of amides is 1. The van der Waals surface area contributed by atoms with Crippen molar-refractivity contribution in [3.8, 4) is 0 Å². The molecule has 0 aliphatic carbocycles. The van der Waals surface area contributed by atoms with Crippen LogP contribution in [-0.2, 0) is 35.3 Å². The average molecular weight is 411 g/mol. The van der Waals surface area contributed by atoms with E-state index in [0.717, 1.165) is 4.57 Å². The third kappa shape index (κ3) is 3.38. The smallest absolute Gasteiger partial charge is 0.332 e. The molecule has 1 saturated heterocycles. The van der Waals surface area contributed by atoms with Crippen LogP contribution in [-0.4, -0.2) is 61.5 Å². The van der Waals surface area contributed by atoms with Crippen molar-refractivity contribution in [2.24, 2.45) is 14.1 Å². The number of aryl methyl sites for hydroxylation is 1. The van der Waals surface area contributed by atoms with E-state index in [0.29, 0.717) is 12.8 Å². The molecule has 1 amide bonds. The van der Waals surface area contributed by atoms with E-state index >= 15 is 0 Å². The third-order valence-corrected chi connectivity index (χ3v) is 7.23. The largest absolute Gasteiger partial charge is 0.334 e. The summed E-state index contributed by atoms with van der Waals surface area (Å²) in [5.41, 5.74) is -0.645. The van der Waals surface area contributed by atoms with E-state index in [2.05, 4.69) is 4.98 Å². The summed E-state index contributed by atoms with van der Waals surface area (Å²) in [4.78, 5) is 43.5. The summed E-state index contributed by atoms with van der Waals surface area (Å²) in [6.45, 7) is 3.68. The molecule has 2 aromatic heterocycles. The molecular weight excluding hydrogens is 386 g/mol. The fourth-order valence-corrected chi connectivity index (χ4v) is 5.46. The van der Waals surface area contributed by atoms with E-state index in [4.69, 9.17) is 0 Å². The van der Waals surface area contributed by atoms with Gasteiger partial charge < -0.3 is 9.47 Å². The van der Waals surface area contributed by atoms with E-state index in [9.17, 15) is 22.8 Å². The molecule has 3 heterocycles. The second kappa shape index (κ2) is 7.19. The van der Waals surface area contributed by atoms with Gasteiger partial charge in [0.15, 0.2) is 21.0 Å². The quantitative estimate of drug-likeness (QED) is 0.639.